The summed E-state index contributed by atoms with van der Waals surface area (Å²) in [6.07, 6.45) is -2.80. The lowest BCUT2D eigenvalue weighted by molar-refractivity contribution is 0.147. The third kappa shape index (κ3) is 1.53. The zero-order valence-electron chi connectivity index (χ0n) is 5.76. The minimum Gasteiger partial charge on any atom is -0.394 e. The van der Waals surface area contributed by atoms with Crippen LogP contribution in [0.3, 0.4) is 0 Å². The van der Waals surface area contributed by atoms with Crippen molar-refractivity contribution in [2.45, 2.75) is 6.43 Å². The number of alkyl halides is 2. The van der Waals surface area contributed by atoms with E-state index in [9.17, 15) is 8.78 Å². The first-order chi connectivity index (χ1) is 5.52. The van der Waals surface area contributed by atoms with Gasteiger partial charge in [-0.2, -0.15) is 4.98 Å². The monoisotopic (exact) mass is 194 g/mol. The lowest BCUT2D eigenvalue weighted by atomic mass is 10.3. The number of rotatable bonds is 1. The molecule has 0 fully saturated rings. The normalized spacial score (nSPS) is 10.7. The second kappa shape index (κ2) is 3.06. The van der Waals surface area contributed by atoms with Crippen molar-refractivity contribution in [1.29, 1.82) is 0 Å². The van der Waals surface area contributed by atoms with Crippen LogP contribution in [0.4, 0.5) is 20.3 Å². The van der Waals surface area contributed by atoms with Crippen LogP contribution in [0.25, 0.3) is 0 Å². The summed E-state index contributed by atoms with van der Waals surface area (Å²) in [6, 6.07) is 0. The molecule has 0 unspecified atom stereocenters. The minimum absolute atomic E-state index is 0.231. The van der Waals surface area contributed by atoms with Gasteiger partial charge in [0, 0.05) is 0 Å². The number of nitrogens with two attached hydrogens (primary N) is 2. The molecule has 0 aliphatic rings. The Kier molecular flexibility index (Phi) is 2.27. The average Bonchev–Trinajstić information content (AvgIpc) is 1.96. The lowest BCUT2D eigenvalue weighted by Gasteiger charge is -2.05. The molecule has 12 heavy (non-hydrogen) atoms. The zero-order chi connectivity index (χ0) is 9.30. The van der Waals surface area contributed by atoms with Gasteiger partial charge < -0.3 is 11.5 Å². The first-order valence-corrected chi connectivity index (χ1v) is 3.26. The van der Waals surface area contributed by atoms with Crippen molar-refractivity contribution >= 4 is 23.1 Å². The van der Waals surface area contributed by atoms with Crippen molar-refractivity contribution in [3.8, 4) is 0 Å². The first kappa shape index (κ1) is 8.92. The molecule has 0 radical (unpaired) electrons. The molecular weight excluding hydrogens is 190 g/mol. The van der Waals surface area contributed by atoms with Crippen LogP contribution in [0.1, 0.15) is 12.1 Å². The van der Waals surface area contributed by atoms with E-state index in [-0.39, 0.29) is 16.8 Å². The molecule has 1 rings (SSSR count). The van der Waals surface area contributed by atoms with E-state index in [1.54, 1.807) is 0 Å². The number of nitrogens with zero attached hydrogens (tertiary/aromatic N) is 2. The highest BCUT2D eigenvalue weighted by Crippen LogP contribution is 2.26. The standard InChI is InChI=1S/C5H5ClF2N4/c6-5-11-2(3(7)8)1(9)4(10)12-5/h3H,9H2,(H2,10,11,12). The van der Waals surface area contributed by atoms with E-state index in [0.717, 1.165) is 0 Å². The van der Waals surface area contributed by atoms with Crippen LogP contribution in [0.2, 0.25) is 5.28 Å². The molecule has 0 bridgehead atoms. The molecule has 66 valence electrons. The van der Waals surface area contributed by atoms with Crippen molar-refractivity contribution in [2.75, 3.05) is 11.5 Å². The summed E-state index contributed by atoms with van der Waals surface area (Å²) >= 11 is 5.28. The maximum absolute atomic E-state index is 12.1. The third-order valence-electron chi connectivity index (χ3n) is 1.18. The Labute approximate surface area is 71.5 Å². The summed E-state index contributed by atoms with van der Waals surface area (Å²) < 4.78 is 24.2. The maximum Gasteiger partial charge on any atom is 0.282 e. The largest absolute Gasteiger partial charge is 0.394 e. The molecule has 0 aromatic carbocycles. The third-order valence-corrected chi connectivity index (χ3v) is 1.35. The molecule has 1 heterocycles. The van der Waals surface area contributed by atoms with E-state index in [1.165, 1.54) is 0 Å². The van der Waals surface area contributed by atoms with Gasteiger partial charge in [-0.1, -0.05) is 0 Å². The molecule has 0 aliphatic carbocycles. The fourth-order valence-corrected chi connectivity index (χ4v) is 0.824. The second-order valence-electron chi connectivity index (χ2n) is 1.98. The van der Waals surface area contributed by atoms with E-state index >= 15 is 0 Å². The molecule has 4 N–H and O–H groups in total. The van der Waals surface area contributed by atoms with Gasteiger partial charge in [-0.05, 0) is 11.6 Å². The van der Waals surface area contributed by atoms with Gasteiger partial charge in [-0.15, -0.1) is 0 Å². The molecule has 0 saturated heterocycles. The number of anilines is 2. The van der Waals surface area contributed by atoms with Crippen molar-refractivity contribution < 1.29 is 8.78 Å². The van der Waals surface area contributed by atoms with E-state index in [1.807, 2.05) is 0 Å². The Morgan fingerprint density at radius 1 is 1.25 bits per heavy atom. The quantitative estimate of drug-likeness (QED) is 0.660. The van der Waals surface area contributed by atoms with Gasteiger partial charge in [-0.25, -0.2) is 13.8 Å². The Bertz CT molecular complexity index is 304. The predicted molar refractivity (Wildman–Crippen MR) is 40.8 cm³/mol. The molecule has 1 aromatic heterocycles. The average molecular weight is 195 g/mol. The van der Waals surface area contributed by atoms with Crippen LogP contribution in [0.15, 0.2) is 0 Å². The number of halogens is 3. The number of nitrogen functional groups attached to an aromatic ring is 2. The van der Waals surface area contributed by atoms with Crippen molar-refractivity contribution in [2.24, 2.45) is 0 Å². The number of hydrogen-bond acceptors (Lipinski definition) is 4. The second-order valence-corrected chi connectivity index (χ2v) is 2.32. The summed E-state index contributed by atoms with van der Waals surface area (Å²) in [7, 11) is 0. The maximum atomic E-state index is 12.1. The molecular formula is C5H5ClF2N4. The van der Waals surface area contributed by atoms with E-state index in [4.69, 9.17) is 23.1 Å². The van der Waals surface area contributed by atoms with Crippen molar-refractivity contribution in [1.82, 2.24) is 9.97 Å². The first-order valence-electron chi connectivity index (χ1n) is 2.89. The van der Waals surface area contributed by atoms with Crippen LogP contribution < -0.4 is 11.5 Å². The van der Waals surface area contributed by atoms with Gasteiger partial charge >= 0.3 is 0 Å². The molecule has 0 aliphatic heterocycles. The summed E-state index contributed by atoms with van der Waals surface area (Å²) in [5.74, 6) is -0.231. The van der Waals surface area contributed by atoms with Gasteiger partial charge in [0.25, 0.3) is 6.43 Å². The smallest absolute Gasteiger partial charge is 0.282 e. The Morgan fingerprint density at radius 2 is 1.83 bits per heavy atom. The highest BCUT2D eigenvalue weighted by Gasteiger charge is 2.16. The lowest BCUT2D eigenvalue weighted by Crippen LogP contribution is -2.05. The van der Waals surface area contributed by atoms with Crippen LogP contribution in [-0.2, 0) is 0 Å². The summed E-state index contributed by atoms with van der Waals surface area (Å²) in [5.41, 5.74) is 9.37. The molecule has 4 nitrogen and oxygen atoms in total. The SMILES string of the molecule is Nc1nc(Cl)nc(C(F)F)c1N. The molecule has 7 heteroatoms. The predicted octanol–water partition coefficient (Wildman–Crippen LogP) is 1.23. The number of aromatic nitrogens is 2. The minimum atomic E-state index is -2.80. The van der Waals surface area contributed by atoms with Gasteiger partial charge in [-0.3, -0.25) is 0 Å². The Morgan fingerprint density at radius 3 is 2.33 bits per heavy atom. The van der Waals surface area contributed by atoms with Crippen LogP contribution in [0, 0.1) is 0 Å². The molecule has 1 aromatic rings. The van der Waals surface area contributed by atoms with Gasteiger partial charge in [0.2, 0.25) is 5.28 Å². The van der Waals surface area contributed by atoms with E-state index < -0.39 is 12.1 Å². The van der Waals surface area contributed by atoms with E-state index in [2.05, 4.69) is 9.97 Å². The summed E-state index contributed by atoms with van der Waals surface area (Å²) in [6.45, 7) is 0. The summed E-state index contributed by atoms with van der Waals surface area (Å²) in [4.78, 5) is 6.62. The van der Waals surface area contributed by atoms with Crippen LogP contribution in [-0.4, -0.2) is 9.97 Å². The van der Waals surface area contributed by atoms with Crippen LogP contribution in [0.5, 0.6) is 0 Å². The van der Waals surface area contributed by atoms with Crippen molar-refractivity contribution in [3.05, 3.63) is 11.0 Å². The van der Waals surface area contributed by atoms with Gasteiger partial charge in [0.1, 0.15) is 11.4 Å². The highest BCUT2D eigenvalue weighted by atomic mass is 35.5. The van der Waals surface area contributed by atoms with E-state index in [0.29, 0.717) is 0 Å². The zero-order valence-corrected chi connectivity index (χ0v) is 6.52. The molecule has 0 atom stereocenters. The summed E-state index contributed by atoms with van der Waals surface area (Å²) in [5, 5.41) is -0.336. The molecule has 0 spiro atoms. The molecule has 0 amide bonds. The Balaban J connectivity index is 3.28. The fraction of sp³-hybridized carbons (Fsp3) is 0.200. The molecule has 0 saturated carbocycles. The van der Waals surface area contributed by atoms with Crippen molar-refractivity contribution in [3.63, 3.8) is 0 Å². The fourth-order valence-electron chi connectivity index (χ4n) is 0.642. The van der Waals surface area contributed by atoms with Gasteiger partial charge in [0.15, 0.2) is 5.82 Å². The topological polar surface area (TPSA) is 77.8 Å². The Hall–Kier alpha value is -1.17. The number of hydrogen-bond donors (Lipinski definition) is 2. The van der Waals surface area contributed by atoms with Crippen LogP contribution >= 0.6 is 11.6 Å². The highest BCUT2D eigenvalue weighted by molar-refractivity contribution is 6.28. The van der Waals surface area contributed by atoms with Gasteiger partial charge in [0.05, 0.1) is 0 Å².